The second kappa shape index (κ2) is 8.04. The van der Waals surface area contributed by atoms with Gasteiger partial charge in [0, 0.05) is 25.7 Å². The molecular weight excluding hydrogens is 198 g/mol. The quantitative estimate of drug-likeness (QED) is 0.642. The molecule has 0 saturated carbocycles. The predicted octanol–water partition coefficient (Wildman–Crippen LogP) is 1.31. The molecule has 1 aliphatic rings. The Kier molecular flexibility index (Phi) is 7.01. The van der Waals surface area contributed by atoms with Crippen molar-refractivity contribution in [2.24, 2.45) is 5.92 Å². The smallest absolute Gasteiger partial charge is 0.00790 e. The van der Waals surface area contributed by atoms with Crippen LogP contribution < -0.4 is 10.6 Å². The zero-order chi connectivity index (χ0) is 11.8. The molecule has 16 heavy (non-hydrogen) atoms. The highest BCUT2D eigenvalue weighted by molar-refractivity contribution is 4.71. The highest BCUT2D eigenvalue weighted by Crippen LogP contribution is 2.17. The fourth-order valence-corrected chi connectivity index (χ4v) is 2.39. The lowest BCUT2D eigenvalue weighted by atomic mass is 9.95. The lowest BCUT2D eigenvalue weighted by Gasteiger charge is -2.29. The Morgan fingerprint density at radius 1 is 1.25 bits per heavy atom. The molecule has 0 amide bonds. The number of hydrogen-bond donors (Lipinski definition) is 2. The van der Waals surface area contributed by atoms with Crippen molar-refractivity contribution >= 4 is 0 Å². The van der Waals surface area contributed by atoms with Crippen molar-refractivity contribution in [3.8, 4) is 0 Å². The second-order valence-corrected chi connectivity index (χ2v) is 5.42. The van der Waals surface area contributed by atoms with E-state index in [1.165, 1.54) is 38.9 Å². The van der Waals surface area contributed by atoms with Crippen LogP contribution in [0.5, 0.6) is 0 Å². The van der Waals surface area contributed by atoms with E-state index in [9.17, 15) is 0 Å². The minimum Gasteiger partial charge on any atom is -0.315 e. The summed E-state index contributed by atoms with van der Waals surface area (Å²) >= 11 is 0. The van der Waals surface area contributed by atoms with Crippen LogP contribution in [0.3, 0.4) is 0 Å². The molecule has 96 valence electrons. The normalized spacial score (nSPS) is 22.9. The first-order valence-electron chi connectivity index (χ1n) is 6.81. The van der Waals surface area contributed by atoms with E-state index >= 15 is 0 Å². The molecule has 0 aromatic rings. The van der Waals surface area contributed by atoms with Gasteiger partial charge in [0.1, 0.15) is 0 Å². The van der Waals surface area contributed by atoms with Crippen molar-refractivity contribution in [2.45, 2.75) is 39.2 Å². The van der Waals surface area contributed by atoms with Gasteiger partial charge in [-0.3, -0.25) is 0 Å². The summed E-state index contributed by atoms with van der Waals surface area (Å²) in [4.78, 5) is 2.47. The molecule has 0 aliphatic carbocycles. The Balaban J connectivity index is 1.90. The zero-order valence-corrected chi connectivity index (χ0v) is 11.3. The van der Waals surface area contributed by atoms with Crippen molar-refractivity contribution in [3.05, 3.63) is 0 Å². The molecule has 1 aliphatic heterocycles. The Labute approximate surface area is 101 Å². The summed E-state index contributed by atoms with van der Waals surface area (Å²) in [6, 6.07) is 0.605. The zero-order valence-electron chi connectivity index (χ0n) is 11.3. The topological polar surface area (TPSA) is 27.3 Å². The maximum atomic E-state index is 3.52. The molecule has 1 fully saturated rings. The largest absolute Gasteiger partial charge is 0.315 e. The van der Waals surface area contributed by atoms with Crippen molar-refractivity contribution in [1.82, 2.24) is 15.5 Å². The highest BCUT2D eigenvalue weighted by atomic mass is 15.1. The van der Waals surface area contributed by atoms with Gasteiger partial charge in [-0.25, -0.2) is 0 Å². The molecule has 0 radical (unpaired) electrons. The van der Waals surface area contributed by atoms with Crippen LogP contribution in [0.2, 0.25) is 0 Å². The molecule has 1 unspecified atom stereocenters. The Morgan fingerprint density at radius 2 is 2.06 bits per heavy atom. The van der Waals surface area contributed by atoms with Crippen molar-refractivity contribution < 1.29 is 0 Å². The maximum Gasteiger partial charge on any atom is 0.00790 e. The predicted molar refractivity (Wildman–Crippen MR) is 70.8 cm³/mol. The summed E-state index contributed by atoms with van der Waals surface area (Å²) in [5, 5.41) is 6.94. The van der Waals surface area contributed by atoms with E-state index in [1.807, 2.05) is 0 Å². The summed E-state index contributed by atoms with van der Waals surface area (Å²) in [7, 11) is 2.24. The number of nitrogens with one attached hydrogen (secondary N) is 2. The third-order valence-corrected chi connectivity index (χ3v) is 3.31. The number of nitrogens with zero attached hydrogens (tertiary/aromatic N) is 1. The van der Waals surface area contributed by atoms with Crippen LogP contribution in [0.15, 0.2) is 0 Å². The lowest BCUT2D eigenvalue weighted by molar-refractivity contribution is 0.201. The van der Waals surface area contributed by atoms with Gasteiger partial charge in [-0.1, -0.05) is 13.8 Å². The van der Waals surface area contributed by atoms with E-state index in [0.29, 0.717) is 6.04 Å². The van der Waals surface area contributed by atoms with E-state index in [4.69, 9.17) is 0 Å². The Hall–Kier alpha value is -0.120. The Bertz CT molecular complexity index is 171. The first-order chi connectivity index (χ1) is 7.68. The van der Waals surface area contributed by atoms with Crippen LogP contribution in [0.25, 0.3) is 0 Å². The van der Waals surface area contributed by atoms with E-state index in [1.54, 1.807) is 0 Å². The van der Waals surface area contributed by atoms with Crippen molar-refractivity contribution in [1.29, 1.82) is 0 Å². The molecule has 0 aromatic heterocycles. The van der Waals surface area contributed by atoms with Gasteiger partial charge in [0.05, 0.1) is 0 Å². The van der Waals surface area contributed by atoms with E-state index in [0.717, 1.165) is 19.0 Å². The van der Waals surface area contributed by atoms with Crippen LogP contribution in [-0.4, -0.2) is 50.7 Å². The minimum absolute atomic E-state index is 0.605. The average Bonchev–Trinajstić information content (AvgIpc) is 2.23. The molecule has 1 rings (SSSR count). The van der Waals surface area contributed by atoms with E-state index in [2.05, 4.69) is 36.4 Å². The van der Waals surface area contributed by atoms with Gasteiger partial charge in [-0.15, -0.1) is 0 Å². The van der Waals surface area contributed by atoms with Crippen LogP contribution >= 0.6 is 0 Å². The SMILES string of the molecule is CC(C)NCCNCCC1CCCN(C)C1. The molecule has 3 nitrogen and oxygen atoms in total. The minimum atomic E-state index is 0.605. The first-order valence-corrected chi connectivity index (χ1v) is 6.81. The van der Waals surface area contributed by atoms with Gasteiger partial charge < -0.3 is 15.5 Å². The van der Waals surface area contributed by atoms with E-state index < -0.39 is 0 Å². The van der Waals surface area contributed by atoms with Crippen LogP contribution in [-0.2, 0) is 0 Å². The standard InChI is InChI=1S/C13H29N3/c1-12(2)15-9-8-14-7-6-13-5-4-10-16(3)11-13/h12-15H,4-11H2,1-3H3. The monoisotopic (exact) mass is 227 g/mol. The second-order valence-electron chi connectivity index (χ2n) is 5.42. The van der Waals surface area contributed by atoms with Crippen molar-refractivity contribution in [3.63, 3.8) is 0 Å². The van der Waals surface area contributed by atoms with Gasteiger partial charge >= 0.3 is 0 Å². The summed E-state index contributed by atoms with van der Waals surface area (Å²) in [5.41, 5.74) is 0. The summed E-state index contributed by atoms with van der Waals surface area (Å²) in [5.74, 6) is 0.921. The molecule has 0 spiro atoms. The van der Waals surface area contributed by atoms with Gasteiger partial charge in [0.15, 0.2) is 0 Å². The molecule has 0 aromatic carbocycles. The first kappa shape index (κ1) is 13.9. The summed E-state index contributed by atoms with van der Waals surface area (Å²) < 4.78 is 0. The number of rotatable bonds is 7. The van der Waals surface area contributed by atoms with Gasteiger partial charge in [0.2, 0.25) is 0 Å². The third kappa shape index (κ3) is 6.46. The van der Waals surface area contributed by atoms with Gasteiger partial charge in [-0.05, 0) is 45.3 Å². The van der Waals surface area contributed by atoms with Gasteiger partial charge in [-0.2, -0.15) is 0 Å². The van der Waals surface area contributed by atoms with Gasteiger partial charge in [0.25, 0.3) is 0 Å². The van der Waals surface area contributed by atoms with Crippen LogP contribution in [0, 0.1) is 5.92 Å². The maximum absolute atomic E-state index is 3.52. The molecule has 1 heterocycles. The van der Waals surface area contributed by atoms with Crippen molar-refractivity contribution in [2.75, 3.05) is 39.8 Å². The molecule has 1 atom stereocenters. The molecule has 1 saturated heterocycles. The molecular formula is C13H29N3. The molecule has 3 heteroatoms. The summed E-state index contributed by atoms with van der Waals surface area (Å²) in [6.07, 6.45) is 4.15. The van der Waals surface area contributed by atoms with Crippen LogP contribution in [0.1, 0.15) is 33.1 Å². The van der Waals surface area contributed by atoms with Crippen LogP contribution in [0.4, 0.5) is 0 Å². The highest BCUT2D eigenvalue weighted by Gasteiger charge is 2.16. The average molecular weight is 227 g/mol. The number of piperidine rings is 1. The van der Waals surface area contributed by atoms with E-state index in [-0.39, 0.29) is 0 Å². The number of hydrogen-bond acceptors (Lipinski definition) is 3. The lowest BCUT2D eigenvalue weighted by Crippen LogP contribution is -2.35. The third-order valence-electron chi connectivity index (χ3n) is 3.31. The fraction of sp³-hybridized carbons (Fsp3) is 1.00. The number of likely N-dealkylation sites (tertiary alicyclic amines) is 1. The summed E-state index contributed by atoms with van der Waals surface area (Å²) in [6.45, 7) is 10.3. The molecule has 2 N–H and O–H groups in total. The Morgan fingerprint density at radius 3 is 2.75 bits per heavy atom. The fourth-order valence-electron chi connectivity index (χ4n) is 2.39. The molecule has 0 bridgehead atoms.